The third kappa shape index (κ3) is 5.36. The molecule has 0 spiro atoms. The molecule has 9 heteroatoms. The quantitative estimate of drug-likeness (QED) is 0.522. The molecule has 7 nitrogen and oxygen atoms in total. The molecule has 0 bridgehead atoms. The first kappa shape index (κ1) is 19.1. The van der Waals surface area contributed by atoms with E-state index in [2.05, 4.69) is 15.9 Å². The molecule has 2 rings (SSSR count). The number of nitro benzene ring substituents is 1. The monoisotopic (exact) mass is 426 g/mol. The Kier molecular flexibility index (Phi) is 5.91. The number of nitrogens with zero attached hydrogens (tertiary/aromatic N) is 2. The van der Waals surface area contributed by atoms with Crippen LogP contribution in [-0.2, 0) is 20.4 Å². The number of anilines is 1. The van der Waals surface area contributed by atoms with E-state index in [1.165, 1.54) is 36.2 Å². The van der Waals surface area contributed by atoms with Crippen molar-refractivity contribution < 1.29 is 18.1 Å². The lowest BCUT2D eigenvalue weighted by Crippen LogP contribution is -2.32. The summed E-state index contributed by atoms with van der Waals surface area (Å²) < 4.78 is 25.3. The lowest BCUT2D eigenvalue weighted by Gasteiger charge is -2.17. The van der Waals surface area contributed by atoms with Gasteiger partial charge >= 0.3 is 0 Å². The summed E-state index contributed by atoms with van der Waals surface area (Å²) in [6.07, 6.45) is 0. The van der Waals surface area contributed by atoms with Gasteiger partial charge < -0.3 is 4.90 Å². The Bertz CT molecular complexity index is 897. The van der Waals surface area contributed by atoms with E-state index >= 15 is 0 Å². The van der Waals surface area contributed by atoms with Crippen LogP contribution in [0.5, 0.6) is 0 Å². The lowest BCUT2D eigenvalue weighted by molar-refractivity contribution is -0.384. The fraction of sp³-hybridized carbons (Fsp3) is 0.188. The molecule has 25 heavy (non-hydrogen) atoms. The van der Waals surface area contributed by atoms with Crippen LogP contribution in [0.3, 0.4) is 0 Å². The molecule has 0 aromatic heterocycles. The number of amides is 1. The van der Waals surface area contributed by atoms with Crippen LogP contribution in [0.1, 0.15) is 5.56 Å². The molecule has 2 aromatic carbocycles. The summed E-state index contributed by atoms with van der Waals surface area (Å²) in [7, 11) is -2.22. The highest BCUT2D eigenvalue weighted by Crippen LogP contribution is 2.19. The van der Waals surface area contributed by atoms with Crippen molar-refractivity contribution >= 4 is 43.0 Å². The van der Waals surface area contributed by atoms with Crippen LogP contribution in [0.4, 0.5) is 11.4 Å². The van der Waals surface area contributed by atoms with Crippen LogP contribution in [-0.4, -0.2) is 32.0 Å². The summed E-state index contributed by atoms with van der Waals surface area (Å²) in [5.41, 5.74) is 0.861. The average molecular weight is 427 g/mol. The fourth-order valence-electron chi connectivity index (χ4n) is 2.16. The summed E-state index contributed by atoms with van der Waals surface area (Å²) in [6, 6.07) is 12.2. The highest BCUT2D eigenvalue weighted by molar-refractivity contribution is 9.10. The fourth-order valence-corrected chi connectivity index (χ4v) is 3.96. The molecule has 0 saturated carbocycles. The molecule has 0 fully saturated rings. The van der Waals surface area contributed by atoms with Crippen LogP contribution in [0.2, 0.25) is 0 Å². The maximum absolute atomic E-state index is 12.2. The van der Waals surface area contributed by atoms with Gasteiger partial charge in [-0.1, -0.05) is 28.1 Å². The van der Waals surface area contributed by atoms with E-state index in [9.17, 15) is 23.3 Å². The third-order valence-electron chi connectivity index (χ3n) is 3.44. The summed E-state index contributed by atoms with van der Waals surface area (Å²) in [6.45, 7) is 0. The van der Waals surface area contributed by atoms with Gasteiger partial charge in [-0.15, -0.1) is 0 Å². The van der Waals surface area contributed by atoms with Crippen LogP contribution in [0.25, 0.3) is 0 Å². The van der Waals surface area contributed by atoms with Crippen molar-refractivity contribution in [3.05, 3.63) is 68.7 Å². The Morgan fingerprint density at radius 2 is 1.84 bits per heavy atom. The van der Waals surface area contributed by atoms with Crippen molar-refractivity contribution in [2.45, 2.75) is 5.75 Å². The predicted octanol–water partition coefficient (Wildman–Crippen LogP) is 2.94. The zero-order chi connectivity index (χ0) is 18.6. The number of halogens is 1. The van der Waals surface area contributed by atoms with E-state index in [4.69, 9.17) is 0 Å². The summed E-state index contributed by atoms with van der Waals surface area (Å²) in [5.74, 6) is -1.50. The van der Waals surface area contributed by atoms with Gasteiger partial charge in [0, 0.05) is 29.3 Å². The number of rotatable bonds is 6. The zero-order valence-electron chi connectivity index (χ0n) is 13.3. The third-order valence-corrected chi connectivity index (χ3v) is 5.39. The molecule has 2 aromatic rings. The largest absolute Gasteiger partial charge is 0.315 e. The van der Waals surface area contributed by atoms with E-state index in [0.29, 0.717) is 11.3 Å². The smallest absolute Gasteiger partial charge is 0.269 e. The Labute approximate surface area is 153 Å². The predicted molar refractivity (Wildman–Crippen MR) is 98.1 cm³/mol. The van der Waals surface area contributed by atoms with Crippen molar-refractivity contribution in [2.24, 2.45) is 0 Å². The molecule has 0 aliphatic rings. The Morgan fingerprint density at radius 1 is 1.20 bits per heavy atom. The standard InChI is InChI=1S/C16H15BrN2O5S/c1-18(14-5-7-15(8-6-14)19(21)22)16(20)11-25(23,24)10-12-3-2-4-13(17)9-12/h2-9H,10-11H2,1H3. The highest BCUT2D eigenvalue weighted by atomic mass is 79.9. The highest BCUT2D eigenvalue weighted by Gasteiger charge is 2.21. The minimum atomic E-state index is -3.65. The van der Waals surface area contributed by atoms with Gasteiger partial charge in [-0.25, -0.2) is 8.42 Å². The number of carbonyl (C=O) groups is 1. The topological polar surface area (TPSA) is 97.6 Å². The van der Waals surface area contributed by atoms with E-state index in [0.717, 1.165) is 4.47 Å². The molecule has 0 heterocycles. The number of hydrogen-bond acceptors (Lipinski definition) is 5. The molecule has 132 valence electrons. The molecular weight excluding hydrogens is 412 g/mol. The van der Waals surface area contributed by atoms with Gasteiger partial charge in [0.25, 0.3) is 5.69 Å². The maximum Gasteiger partial charge on any atom is 0.269 e. The van der Waals surface area contributed by atoms with Gasteiger partial charge in [-0.3, -0.25) is 14.9 Å². The number of carbonyl (C=O) groups excluding carboxylic acids is 1. The van der Waals surface area contributed by atoms with Crippen molar-refractivity contribution in [1.29, 1.82) is 0 Å². The molecule has 1 amide bonds. The second-order valence-corrected chi connectivity index (χ2v) is 8.37. The number of non-ortho nitro benzene ring substituents is 1. The number of sulfone groups is 1. The minimum absolute atomic E-state index is 0.105. The Hall–Kier alpha value is -2.26. The average Bonchev–Trinajstić information content (AvgIpc) is 2.53. The number of nitro groups is 1. The van der Waals surface area contributed by atoms with E-state index < -0.39 is 26.4 Å². The normalized spacial score (nSPS) is 11.1. The van der Waals surface area contributed by atoms with Crippen molar-refractivity contribution in [3.63, 3.8) is 0 Å². The summed E-state index contributed by atoms with van der Waals surface area (Å²) >= 11 is 3.27. The molecule has 0 unspecified atom stereocenters. The molecule has 0 atom stereocenters. The van der Waals surface area contributed by atoms with Crippen LogP contribution < -0.4 is 4.90 Å². The van der Waals surface area contributed by atoms with Gasteiger partial charge in [0.15, 0.2) is 9.84 Å². The van der Waals surface area contributed by atoms with E-state index in [1.807, 2.05) is 0 Å². The van der Waals surface area contributed by atoms with Gasteiger partial charge in [0.1, 0.15) is 5.75 Å². The van der Waals surface area contributed by atoms with Gasteiger partial charge in [0.05, 0.1) is 10.7 Å². The second kappa shape index (κ2) is 7.75. The first-order chi connectivity index (χ1) is 11.7. The van der Waals surface area contributed by atoms with Gasteiger partial charge in [-0.05, 0) is 29.8 Å². The molecular formula is C16H15BrN2O5S. The minimum Gasteiger partial charge on any atom is -0.315 e. The Morgan fingerprint density at radius 3 is 2.40 bits per heavy atom. The van der Waals surface area contributed by atoms with Crippen molar-refractivity contribution in [1.82, 2.24) is 0 Å². The number of hydrogen-bond donors (Lipinski definition) is 0. The summed E-state index contributed by atoms with van der Waals surface area (Å²) in [5, 5.41) is 10.6. The van der Waals surface area contributed by atoms with E-state index in [1.54, 1.807) is 24.3 Å². The molecule has 0 aliphatic heterocycles. The first-order valence-corrected chi connectivity index (χ1v) is 9.75. The van der Waals surface area contributed by atoms with Crippen LogP contribution in [0.15, 0.2) is 53.0 Å². The molecule has 0 N–H and O–H groups in total. The second-order valence-electron chi connectivity index (χ2n) is 5.39. The van der Waals surface area contributed by atoms with Gasteiger partial charge in [0.2, 0.25) is 5.91 Å². The SMILES string of the molecule is CN(C(=O)CS(=O)(=O)Cc1cccc(Br)c1)c1ccc([N+](=O)[O-])cc1. The van der Waals surface area contributed by atoms with E-state index in [-0.39, 0.29) is 11.4 Å². The van der Waals surface area contributed by atoms with Gasteiger partial charge in [-0.2, -0.15) is 0 Å². The van der Waals surface area contributed by atoms with Crippen LogP contribution >= 0.6 is 15.9 Å². The van der Waals surface area contributed by atoms with Crippen LogP contribution in [0, 0.1) is 10.1 Å². The molecule has 0 radical (unpaired) electrons. The Balaban J connectivity index is 2.07. The van der Waals surface area contributed by atoms with Crippen molar-refractivity contribution in [2.75, 3.05) is 17.7 Å². The molecule has 0 saturated heterocycles. The lowest BCUT2D eigenvalue weighted by atomic mass is 10.2. The maximum atomic E-state index is 12.2. The van der Waals surface area contributed by atoms with Crippen molar-refractivity contribution in [3.8, 4) is 0 Å². The number of benzene rings is 2. The first-order valence-electron chi connectivity index (χ1n) is 7.14. The summed E-state index contributed by atoms with van der Waals surface area (Å²) in [4.78, 5) is 23.5. The molecule has 0 aliphatic carbocycles. The zero-order valence-corrected chi connectivity index (χ0v) is 15.7.